The first-order valence-electron chi connectivity index (χ1n) is 5.08. The smallest absolute Gasteiger partial charge is 0.144 e. The van der Waals surface area contributed by atoms with Gasteiger partial charge in [-0.15, -0.1) is 0 Å². The van der Waals surface area contributed by atoms with E-state index in [0.29, 0.717) is 6.42 Å². The average Bonchev–Trinajstić information content (AvgIpc) is 2.54. The summed E-state index contributed by atoms with van der Waals surface area (Å²) in [5, 5.41) is 0. The van der Waals surface area contributed by atoms with E-state index in [1.807, 2.05) is 27.7 Å². The minimum absolute atomic E-state index is 0.136. The quantitative estimate of drug-likeness (QED) is 0.826. The molecule has 0 aromatic carbocycles. The summed E-state index contributed by atoms with van der Waals surface area (Å²) >= 11 is 0. The number of furan rings is 1. The third-order valence-electron chi connectivity index (χ3n) is 3.25. The highest BCUT2D eigenvalue weighted by atomic mass is 16.3. The van der Waals surface area contributed by atoms with Gasteiger partial charge >= 0.3 is 0 Å². The standard InChI is InChI=1S/C12H19NO2/c1-11(2,12(3,4)13)10(14)7-9-5-6-15-8-9/h5-6,8H,7,13H2,1-4H3. The molecule has 1 aromatic rings. The maximum atomic E-state index is 12.1. The Kier molecular flexibility index (Phi) is 3.05. The second-order valence-corrected chi connectivity index (χ2v) is 5.08. The van der Waals surface area contributed by atoms with Gasteiger partial charge in [0.15, 0.2) is 0 Å². The molecule has 3 heteroatoms. The highest BCUT2D eigenvalue weighted by Gasteiger charge is 2.39. The number of hydrogen-bond donors (Lipinski definition) is 1. The summed E-state index contributed by atoms with van der Waals surface area (Å²) in [5.74, 6) is 0.136. The van der Waals surface area contributed by atoms with Gasteiger partial charge in [-0.2, -0.15) is 0 Å². The first kappa shape index (κ1) is 12.0. The Labute approximate surface area is 90.6 Å². The third kappa shape index (κ3) is 2.48. The van der Waals surface area contributed by atoms with E-state index in [4.69, 9.17) is 10.2 Å². The molecule has 84 valence electrons. The Morgan fingerprint density at radius 2 is 2.00 bits per heavy atom. The number of rotatable bonds is 4. The van der Waals surface area contributed by atoms with E-state index in [-0.39, 0.29) is 5.78 Å². The van der Waals surface area contributed by atoms with Crippen molar-refractivity contribution in [1.82, 2.24) is 0 Å². The molecule has 0 aliphatic rings. The fraction of sp³-hybridized carbons (Fsp3) is 0.583. The molecule has 0 radical (unpaired) electrons. The second-order valence-electron chi connectivity index (χ2n) is 5.08. The van der Waals surface area contributed by atoms with Gasteiger partial charge in [0.25, 0.3) is 0 Å². The van der Waals surface area contributed by atoms with E-state index < -0.39 is 11.0 Å². The number of carbonyl (C=O) groups is 1. The molecular formula is C12H19NO2. The van der Waals surface area contributed by atoms with Crippen LogP contribution in [0.25, 0.3) is 0 Å². The van der Waals surface area contributed by atoms with E-state index in [9.17, 15) is 4.79 Å². The number of hydrogen-bond acceptors (Lipinski definition) is 3. The van der Waals surface area contributed by atoms with Crippen molar-refractivity contribution >= 4 is 5.78 Å². The summed E-state index contributed by atoms with van der Waals surface area (Å²) < 4.78 is 4.93. The zero-order chi connectivity index (χ0) is 11.7. The monoisotopic (exact) mass is 209 g/mol. The predicted octanol–water partition coefficient (Wildman–Crippen LogP) is 2.15. The van der Waals surface area contributed by atoms with Crippen molar-refractivity contribution in [2.75, 3.05) is 0 Å². The van der Waals surface area contributed by atoms with Gasteiger partial charge in [0.2, 0.25) is 0 Å². The van der Waals surface area contributed by atoms with Crippen molar-refractivity contribution in [2.45, 2.75) is 39.7 Å². The molecule has 15 heavy (non-hydrogen) atoms. The molecule has 0 spiro atoms. The summed E-state index contributed by atoms with van der Waals surface area (Å²) in [6, 6.07) is 1.80. The average molecular weight is 209 g/mol. The SMILES string of the molecule is CC(C)(N)C(C)(C)C(=O)Cc1ccoc1. The minimum Gasteiger partial charge on any atom is -0.472 e. The van der Waals surface area contributed by atoms with Gasteiger partial charge < -0.3 is 10.2 Å². The van der Waals surface area contributed by atoms with Gasteiger partial charge in [-0.05, 0) is 25.5 Å². The minimum atomic E-state index is -0.537. The lowest BCUT2D eigenvalue weighted by molar-refractivity contribution is -0.129. The fourth-order valence-electron chi connectivity index (χ4n) is 1.16. The van der Waals surface area contributed by atoms with Crippen molar-refractivity contribution in [3.05, 3.63) is 24.2 Å². The zero-order valence-corrected chi connectivity index (χ0v) is 9.83. The van der Waals surface area contributed by atoms with Gasteiger partial charge in [-0.3, -0.25) is 4.79 Å². The lowest BCUT2D eigenvalue weighted by atomic mass is 9.71. The highest BCUT2D eigenvalue weighted by Crippen LogP contribution is 2.30. The molecule has 0 saturated carbocycles. The zero-order valence-electron chi connectivity index (χ0n) is 9.83. The van der Waals surface area contributed by atoms with Gasteiger partial charge in [0, 0.05) is 17.4 Å². The van der Waals surface area contributed by atoms with Crippen LogP contribution in [0.5, 0.6) is 0 Å². The molecule has 1 heterocycles. The first-order valence-corrected chi connectivity index (χ1v) is 5.08. The van der Waals surface area contributed by atoms with Crippen molar-refractivity contribution in [1.29, 1.82) is 0 Å². The largest absolute Gasteiger partial charge is 0.472 e. The van der Waals surface area contributed by atoms with Gasteiger partial charge in [-0.25, -0.2) is 0 Å². The Balaban J connectivity index is 2.77. The molecule has 0 bridgehead atoms. The highest BCUT2D eigenvalue weighted by molar-refractivity contribution is 5.87. The summed E-state index contributed by atoms with van der Waals surface area (Å²) in [5.41, 5.74) is 5.84. The molecule has 0 aliphatic heterocycles. The molecular weight excluding hydrogens is 190 g/mol. The summed E-state index contributed by atoms with van der Waals surface area (Å²) in [7, 11) is 0. The number of ketones is 1. The molecule has 0 aliphatic carbocycles. The van der Waals surface area contributed by atoms with Crippen molar-refractivity contribution in [3.8, 4) is 0 Å². The van der Waals surface area contributed by atoms with Crippen LogP contribution in [-0.2, 0) is 11.2 Å². The maximum Gasteiger partial charge on any atom is 0.144 e. The molecule has 0 fully saturated rings. The lowest BCUT2D eigenvalue weighted by Crippen LogP contribution is -2.52. The summed E-state index contributed by atoms with van der Waals surface area (Å²) in [6.07, 6.45) is 3.55. The molecule has 0 unspecified atom stereocenters. The second kappa shape index (κ2) is 3.81. The van der Waals surface area contributed by atoms with E-state index in [2.05, 4.69) is 0 Å². The van der Waals surface area contributed by atoms with Crippen LogP contribution in [0.2, 0.25) is 0 Å². The van der Waals surface area contributed by atoms with Gasteiger partial charge in [0.05, 0.1) is 12.5 Å². The summed E-state index contributed by atoms with van der Waals surface area (Å²) in [4.78, 5) is 12.1. The fourth-order valence-corrected chi connectivity index (χ4v) is 1.16. The van der Waals surface area contributed by atoms with E-state index in [1.165, 1.54) is 0 Å². The molecule has 2 N–H and O–H groups in total. The van der Waals surface area contributed by atoms with Gasteiger partial charge in [-0.1, -0.05) is 13.8 Å². The van der Waals surface area contributed by atoms with Crippen LogP contribution in [0.3, 0.4) is 0 Å². The third-order valence-corrected chi connectivity index (χ3v) is 3.25. The Morgan fingerprint density at radius 1 is 1.40 bits per heavy atom. The van der Waals surface area contributed by atoms with E-state index >= 15 is 0 Å². The van der Waals surface area contributed by atoms with Crippen LogP contribution >= 0.6 is 0 Å². The van der Waals surface area contributed by atoms with E-state index in [1.54, 1.807) is 18.6 Å². The van der Waals surface area contributed by atoms with Crippen LogP contribution in [0.15, 0.2) is 23.0 Å². The van der Waals surface area contributed by atoms with Crippen LogP contribution in [0, 0.1) is 5.41 Å². The topological polar surface area (TPSA) is 56.2 Å². The molecule has 1 rings (SSSR count). The number of nitrogens with two attached hydrogens (primary N) is 1. The lowest BCUT2D eigenvalue weighted by Gasteiger charge is -2.37. The summed E-state index contributed by atoms with van der Waals surface area (Å²) in [6.45, 7) is 7.52. The van der Waals surface area contributed by atoms with Gasteiger partial charge in [0.1, 0.15) is 5.78 Å². The van der Waals surface area contributed by atoms with Crippen LogP contribution < -0.4 is 5.73 Å². The predicted molar refractivity (Wildman–Crippen MR) is 59.5 cm³/mol. The number of Topliss-reactive ketones (excluding diaryl/α,β-unsaturated/α-hetero) is 1. The first-order chi connectivity index (χ1) is 6.75. The molecule has 0 atom stereocenters. The number of carbonyl (C=O) groups excluding carboxylic acids is 1. The van der Waals surface area contributed by atoms with Crippen LogP contribution in [-0.4, -0.2) is 11.3 Å². The Morgan fingerprint density at radius 3 is 2.40 bits per heavy atom. The molecule has 0 saturated heterocycles. The molecule has 3 nitrogen and oxygen atoms in total. The Bertz CT molecular complexity index is 331. The van der Waals surface area contributed by atoms with E-state index in [0.717, 1.165) is 5.56 Å². The van der Waals surface area contributed by atoms with Crippen molar-refractivity contribution < 1.29 is 9.21 Å². The molecule has 0 amide bonds. The Hall–Kier alpha value is -1.09. The molecule has 1 aromatic heterocycles. The maximum absolute atomic E-state index is 12.1. The van der Waals surface area contributed by atoms with Crippen LogP contribution in [0.1, 0.15) is 33.3 Å². The normalized spacial score (nSPS) is 12.9. The van der Waals surface area contributed by atoms with Crippen LogP contribution in [0.4, 0.5) is 0 Å². The van der Waals surface area contributed by atoms with Crippen molar-refractivity contribution in [3.63, 3.8) is 0 Å². The van der Waals surface area contributed by atoms with Crippen molar-refractivity contribution in [2.24, 2.45) is 11.1 Å².